The first-order valence-corrected chi connectivity index (χ1v) is 10.2. The number of rotatable bonds is 11. The lowest BCUT2D eigenvalue weighted by atomic mass is 10.2. The van der Waals surface area contributed by atoms with Crippen LogP contribution in [0.25, 0.3) is 0 Å². The third-order valence-electron chi connectivity index (χ3n) is 3.27. The van der Waals surface area contributed by atoms with Crippen LogP contribution in [-0.4, -0.2) is 28.6 Å². The van der Waals surface area contributed by atoms with Crippen LogP contribution >= 0.6 is 0 Å². The molecule has 0 radical (unpaired) electrons. The van der Waals surface area contributed by atoms with Crippen molar-refractivity contribution in [2.75, 3.05) is 19.8 Å². The van der Waals surface area contributed by atoms with Crippen LogP contribution in [0, 0.1) is 29.1 Å². The lowest BCUT2D eigenvalue weighted by Gasteiger charge is -2.30. The quantitative estimate of drug-likeness (QED) is 0.239. The number of benzene rings is 1. The van der Waals surface area contributed by atoms with E-state index in [0.717, 1.165) is 0 Å². The number of hydrogen-bond acceptors (Lipinski definition) is 3. The second kappa shape index (κ2) is 10.2. The minimum atomic E-state index is -3.66. The Morgan fingerprint density at radius 3 is 1.24 bits per heavy atom. The van der Waals surface area contributed by atoms with Gasteiger partial charge in [0.05, 0.1) is 0 Å². The number of halogens is 5. The highest BCUT2D eigenvalue weighted by Crippen LogP contribution is 2.27. The third-order valence-corrected chi connectivity index (χ3v) is 5.99. The Hall–Kier alpha value is -1.03. The van der Waals surface area contributed by atoms with Crippen molar-refractivity contribution in [1.29, 1.82) is 0 Å². The van der Waals surface area contributed by atoms with Gasteiger partial charge in [-0.05, 0) is 19.3 Å². The summed E-state index contributed by atoms with van der Waals surface area (Å²) < 4.78 is 85.1. The van der Waals surface area contributed by atoms with Crippen molar-refractivity contribution in [3.05, 3.63) is 34.6 Å². The second-order valence-corrected chi connectivity index (χ2v) is 8.04. The zero-order valence-corrected chi connectivity index (χ0v) is 15.6. The normalized spacial score (nSPS) is 12.0. The molecule has 0 unspecified atom stereocenters. The minimum absolute atomic E-state index is 0.190. The molecule has 25 heavy (non-hydrogen) atoms. The maximum absolute atomic E-state index is 14.0. The monoisotopic (exact) mass is 386 g/mol. The zero-order valence-electron chi connectivity index (χ0n) is 14.6. The van der Waals surface area contributed by atoms with Gasteiger partial charge in [-0.3, -0.25) is 0 Å². The molecule has 0 aliphatic carbocycles. The first kappa shape index (κ1) is 22.0. The molecule has 0 saturated heterocycles. The molecule has 1 aromatic carbocycles. The van der Waals surface area contributed by atoms with E-state index in [1.807, 2.05) is 20.8 Å². The lowest BCUT2D eigenvalue weighted by molar-refractivity contribution is 0.0576. The molecule has 0 atom stereocenters. The van der Waals surface area contributed by atoms with E-state index >= 15 is 0 Å². The fraction of sp³-hybridized carbons (Fsp3) is 0.625. The van der Waals surface area contributed by atoms with Gasteiger partial charge in [0.2, 0.25) is 5.82 Å². The van der Waals surface area contributed by atoms with Gasteiger partial charge in [-0.1, -0.05) is 20.8 Å². The van der Waals surface area contributed by atoms with Crippen molar-refractivity contribution < 1.29 is 35.2 Å². The number of hydrogen-bond donors (Lipinski definition) is 0. The van der Waals surface area contributed by atoms with Crippen molar-refractivity contribution in [2.24, 2.45) is 0 Å². The first-order valence-electron chi connectivity index (χ1n) is 8.25. The molecule has 0 bridgehead atoms. The lowest BCUT2D eigenvalue weighted by Crippen LogP contribution is -2.49. The summed E-state index contributed by atoms with van der Waals surface area (Å²) in [5.74, 6) is -9.93. The molecule has 1 aromatic rings. The van der Waals surface area contributed by atoms with E-state index in [1.54, 1.807) is 0 Å². The van der Waals surface area contributed by atoms with Gasteiger partial charge in [-0.2, -0.15) is 0 Å². The van der Waals surface area contributed by atoms with Crippen LogP contribution in [0.1, 0.15) is 45.6 Å². The van der Waals surface area contributed by atoms with Crippen LogP contribution in [-0.2, 0) is 19.3 Å². The predicted octanol–water partition coefficient (Wildman–Crippen LogP) is 4.68. The van der Waals surface area contributed by atoms with Crippen molar-refractivity contribution in [3.63, 3.8) is 0 Å². The molecule has 0 aliphatic heterocycles. The van der Waals surface area contributed by atoms with Crippen molar-refractivity contribution in [1.82, 2.24) is 0 Å². The summed E-state index contributed by atoms with van der Waals surface area (Å²) in [5, 5.41) is 0. The van der Waals surface area contributed by atoms with Crippen LogP contribution in [0.4, 0.5) is 22.0 Å². The molecule has 144 valence electrons. The van der Waals surface area contributed by atoms with Gasteiger partial charge in [0, 0.05) is 31.4 Å². The largest absolute Gasteiger partial charge is 0.505 e. The van der Waals surface area contributed by atoms with Crippen LogP contribution in [0.2, 0.25) is 0 Å². The average molecular weight is 386 g/mol. The molecular formula is C16H23F5O3Si. The van der Waals surface area contributed by atoms with Crippen LogP contribution in [0.5, 0.6) is 0 Å². The van der Waals surface area contributed by atoms with Crippen LogP contribution in [0.15, 0.2) is 0 Å². The molecule has 0 fully saturated rings. The molecule has 0 N–H and O–H groups in total. The van der Waals surface area contributed by atoms with Gasteiger partial charge < -0.3 is 13.3 Å². The minimum Gasteiger partial charge on any atom is -0.373 e. The smallest absolute Gasteiger partial charge is 0.373 e. The molecule has 0 aliphatic rings. The molecule has 0 saturated carbocycles. The average Bonchev–Trinajstić information content (AvgIpc) is 2.62. The maximum Gasteiger partial charge on any atom is 0.505 e. The summed E-state index contributed by atoms with van der Waals surface area (Å²) in [6, 6.07) is -0.626. The van der Waals surface area contributed by atoms with Crippen molar-refractivity contribution in [2.45, 2.75) is 46.1 Å². The Balaban J connectivity index is 3.31. The highest BCUT2D eigenvalue weighted by molar-refractivity contribution is 6.60. The second-order valence-electron chi connectivity index (χ2n) is 5.45. The Labute approximate surface area is 145 Å². The topological polar surface area (TPSA) is 27.7 Å². The molecule has 0 heterocycles. The van der Waals surface area contributed by atoms with E-state index in [4.69, 9.17) is 13.3 Å². The first-order chi connectivity index (χ1) is 11.8. The Kier molecular flexibility index (Phi) is 8.98. The van der Waals surface area contributed by atoms with Gasteiger partial charge in [0.15, 0.2) is 23.3 Å². The van der Waals surface area contributed by atoms with Gasteiger partial charge in [0.25, 0.3) is 0 Å². The summed E-state index contributed by atoms with van der Waals surface area (Å²) in [6.45, 7) is 6.02. The molecular weight excluding hydrogens is 363 g/mol. The summed E-state index contributed by atoms with van der Waals surface area (Å²) in [7, 11) is -3.66. The molecule has 0 amide bonds. The van der Waals surface area contributed by atoms with Gasteiger partial charge in [0.1, 0.15) is 0 Å². The summed E-state index contributed by atoms with van der Waals surface area (Å²) in [5.41, 5.74) is -0.966. The maximum atomic E-state index is 14.0. The van der Waals surface area contributed by atoms with Crippen LogP contribution in [0.3, 0.4) is 0 Å². The Morgan fingerprint density at radius 1 is 0.600 bits per heavy atom. The van der Waals surface area contributed by atoms with Gasteiger partial charge in [-0.25, -0.2) is 22.0 Å². The SMILES string of the molecule is CCCO[Si](Cc1c(F)c(F)c(F)c(F)c1F)(OCCC)OCCC. The van der Waals surface area contributed by atoms with E-state index in [0.29, 0.717) is 19.3 Å². The van der Waals surface area contributed by atoms with Gasteiger partial charge in [-0.15, -0.1) is 0 Å². The molecule has 0 spiro atoms. The van der Waals surface area contributed by atoms with E-state index in [1.165, 1.54) is 0 Å². The fourth-order valence-corrected chi connectivity index (χ4v) is 4.92. The van der Waals surface area contributed by atoms with Crippen molar-refractivity contribution in [3.8, 4) is 0 Å². The molecule has 0 aromatic heterocycles. The van der Waals surface area contributed by atoms with E-state index < -0.39 is 49.5 Å². The van der Waals surface area contributed by atoms with Crippen molar-refractivity contribution >= 4 is 8.80 Å². The summed E-state index contributed by atoms with van der Waals surface area (Å²) in [4.78, 5) is 0. The zero-order chi connectivity index (χ0) is 19.0. The molecule has 9 heteroatoms. The summed E-state index contributed by atoms with van der Waals surface area (Å²) in [6.07, 6.45) is 1.74. The predicted molar refractivity (Wildman–Crippen MR) is 84.4 cm³/mol. The molecule has 3 nitrogen and oxygen atoms in total. The fourth-order valence-electron chi connectivity index (χ4n) is 2.07. The Bertz CT molecular complexity index is 520. The van der Waals surface area contributed by atoms with E-state index in [2.05, 4.69) is 0 Å². The highest BCUT2D eigenvalue weighted by Gasteiger charge is 2.44. The standard InChI is InChI=1S/C16H23F5O3Si/c1-4-7-22-25(23-8-5-2,24-9-6-3)10-11-12(17)14(19)16(21)15(20)13(11)18/h4-10H2,1-3H3. The molecule has 1 rings (SSSR count). The van der Waals surface area contributed by atoms with Gasteiger partial charge >= 0.3 is 8.80 Å². The van der Waals surface area contributed by atoms with Crippen LogP contribution < -0.4 is 0 Å². The van der Waals surface area contributed by atoms with E-state index in [-0.39, 0.29) is 19.8 Å². The Morgan fingerprint density at radius 2 is 0.920 bits per heavy atom. The highest BCUT2D eigenvalue weighted by atomic mass is 28.4. The third kappa shape index (κ3) is 5.47. The summed E-state index contributed by atoms with van der Waals surface area (Å²) >= 11 is 0. The van der Waals surface area contributed by atoms with E-state index in [9.17, 15) is 22.0 Å².